The molecule has 0 aromatic carbocycles. The fourth-order valence-electron chi connectivity index (χ4n) is 2.31. The van der Waals surface area contributed by atoms with Crippen molar-refractivity contribution in [2.24, 2.45) is 5.92 Å². The Morgan fingerprint density at radius 1 is 1.29 bits per heavy atom. The number of nitrogens with one attached hydrogen (secondary N) is 1. The topological polar surface area (TPSA) is 52.7 Å². The van der Waals surface area contributed by atoms with Gasteiger partial charge in [-0.1, -0.05) is 6.92 Å². The fraction of sp³-hybridized carbons (Fsp3) is 0.833. The van der Waals surface area contributed by atoms with E-state index in [2.05, 4.69) is 12.2 Å². The van der Waals surface area contributed by atoms with E-state index in [4.69, 9.17) is 0 Å². The summed E-state index contributed by atoms with van der Waals surface area (Å²) in [6.07, 6.45) is 2.49. The van der Waals surface area contributed by atoms with Crippen LogP contribution < -0.4 is 5.32 Å². The molecule has 0 spiro atoms. The third-order valence-electron chi connectivity index (χ3n) is 3.55. The molecule has 2 rings (SSSR count). The summed E-state index contributed by atoms with van der Waals surface area (Å²) in [5.41, 5.74) is 0. The molecule has 1 saturated carbocycles. The quantitative estimate of drug-likeness (QED) is 0.715. The average Bonchev–Trinajstić information content (AvgIpc) is 3.08. The van der Waals surface area contributed by atoms with Gasteiger partial charge < -0.3 is 15.1 Å². The van der Waals surface area contributed by atoms with Gasteiger partial charge in [0.15, 0.2) is 0 Å². The van der Waals surface area contributed by atoms with Crippen LogP contribution in [0.25, 0.3) is 0 Å². The van der Waals surface area contributed by atoms with Crippen LogP contribution in [0.4, 0.5) is 0 Å². The normalized spacial score (nSPS) is 23.2. The molecule has 2 fully saturated rings. The third kappa shape index (κ3) is 2.97. The van der Waals surface area contributed by atoms with Crippen molar-refractivity contribution in [2.75, 3.05) is 33.2 Å². The average molecular weight is 239 g/mol. The van der Waals surface area contributed by atoms with Crippen LogP contribution in [-0.4, -0.2) is 60.9 Å². The highest BCUT2D eigenvalue weighted by Crippen LogP contribution is 2.33. The monoisotopic (exact) mass is 239 g/mol. The summed E-state index contributed by atoms with van der Waals surface area (Å²) in [6, 6.07) is 0.361. The van der Waals surface area contributed by atoms with Gasteiger partial charge in [0.2, 0.25) is 11.8 Å². The number of rotatable bonds is 5. The zero-order valence-corrected chi connectivity index (χ0v) is 10.6. The number of likely N-dealkylation sites (N-methyl/N-ethyl adjacent to an activating group) is 2. The van der Waals surface area contributed by atoms with Crippen molar-refractivity contribution >= 4 is 11.8 Å². The molecular formula is C12H21N3O2. The van der Waals surface area contributed by atoms with Crippen molar-refractivity contribution in [1.29, 1.82) is 0 Å². The predicted octanol–water partition coefficient (Wildman–Crippen LogP) is -0.325. The van der Waals surface area contributed by atoms with E-state index in [1.54, 1.807) is 11.9 Å². The molecule has 1 heterocycles. The van der Waals surface area contributed by atoms with Crippen LogP contribution in [0.2, 0.25) is 0 Å². The van der Waals surface area contributed by atoms with E-state index in [0.717, 1.165) is 6.54 Å². The fourth-order valence-corrected chi connectivity index (χ4v) is 2.31. The maximum Gasteiger partial charge on any atom is 0.242 e. The molecule has 96 valence electrons. The van der Waals surface area contributed by atoms with Gasteiger partial charge in [0, 0.05) is 19.6 Å². The first-order valence-corrected chi connectivity index (χ1v) is 6.37. The second kappa shape index (κ2) is 5.04. The largest absolute Gasteiger partial charge is 0.335 e. The maximum absolute atomic E-state index is 11.8. The van der Waals surface area contributed by atoms with Crippen LogP contribution in [0.5, 0.6) is 0 Å². The molecule has 0 bridgehead atoms. The van der Waals surface area contributed by atoms with Crippen molar-refractivity contribution in [3.8, 4) is 0 Å². The Hall–Kier alpha value is -1.10. The zero-order chi connectivity index (χ0) is 12.4. The van der Waals surface area contributed by atoms with E-state index in [1.807, 2.05) is 0 Å². The summed E-state index contributed by atoms with van der Waals surface area (Å²) in [6.45, 7) is 4.13. The highest BCUT2D eigenvalue weighted by atomic mass is 16.2. The lowest BCUT2D eigenvalue weighted by Gasteiger charge is -2.34. The Morgan fingerprint density at radius 2 is 2.00 bits per heavy atom. The number of carbonyl (C=O) groups is 2. The number of piperazine rings is 1. The molecule has 2 amide bonds. The smallest absolute Gasteiger partial charge is 0.242 e. The first-order chi connectivity index (χ1) is 8.11. The SMILES string of the molecule is CCNC(CN1CC(=O)N(C)CC1=O)C1CC1. The Balaban J connectivity index is 1.92. The number of nitrogens with zero attached hydrogens (tertiary/aromatic N) is 2. The number of hydrogen-bond donors (Lipinski definition) is 1. The summed E-state index contributed by atoms with van der Waals surface area (Å²) in [5, 5.41) is 3.42. The van der Waals surface area contributed by atoms with Gasteiger partial charge in [-0.25, -0.2) is 0 Å². The lowest BCUT2D eigenvalue weighted by Crippen LogP contribution is -2.55. The van der Waals surface area contributed by atoms with Gasteiger partial charge in [-0.3, -0.25) is 9.59 Å². The van der Waals surface area contributed by atoms with E-state index in [9.17, 15) is 9.59 Å². The van der Waals surface area contributed by atoms with Gasteiger partial charge in [-0.2, -0.15) is 0 Å². The van der Waals surface area contributed by atoms with Gasteiger partial charge >= 0.3 is 0 Å². The van der Waals surface area contributed by atoms with Crippen molar-refractivity contribution in [1.82, 2.24) is 15.1 Å². The molecule has 1 saturated heterocycles. The number of amides is 2. The van der Waals surface area contributed by atoms with Crippen LogP contribution >= 0.6 is 0 Å². The molecule has 17 heavy (non-hydrogen) atoms. The molecule has 1 atom stereocenters. The minimum absolute atomic E-state index is 0.0376. The van der Waals surface area contributed by atoms with E-state index in [-0.39, 0.29) is 24.9 Å². The first-order valence-electron chi connectivity index (χ1n) is 6.37. The molecule has 1 aliphatic heterocycles. The molecule has 1 aliphatic carbocycles. The minimum atomic E-state index is 0.0376. The summed E-state index contributed by atoms with van der Waals surface area (Å²) in [4.78, 5) is 26.6. The number of hydrogen-bond acceptors (Lipinski definition) is 3. The summed E-state index contributed by atoms with van der Waals surface area (Å²) >= 11 is 0. The second-order valence-electron chi connectivity index (χ2n) is 5.03. The van der Waals surface area contributed by atoms with Crippen molar-refractivity contribution in [3.05, 3.63) is 0 Å². The summed E-state index contributed by atoms with van der Waals surface area (Å²) < 4.78 is 0. The Labute approximate surface area is 102 Å². The van der Waals surface area contributed by atoms with E-state index in [0.29, 0.717) is 18.5 Å². The van der Waals surface area contributed by atoms with Crippen LogP contribution in [-0.2, 0) is 9.59 Å². The van der Waals surface area contributed by atoms with Gasteiger partial charge in [0.25, 0.3) is 0 Å². The van der Waals surface area contributed by atoms with Crippen LogP contribution in [0.15, 0.2) is 0 Å². The van der Waals surface area contributed by atoms with Gasteiger partial charge in [-0.15, -0.1) is 0 Å². The first kappa shape index (κ1) is 12.4. The van der Waals surface area contributed by atoms with Crippen molar-refractivity contribution < 1.29 is 9.59 Å². The lowest BCUT2D eigenvalue weighted by molar-refractivity contribution is -0.149. The van der Waals surface area contributed by atoms with Crippen LogP contribution in [0.3, 0.4) is 0 Å². The van der Waals surface area contributed by atoms with Gasteiger partial charge in [0.05, 0.1) is 13.1 Å². The molecule has 1 unspecified atom stereocenters. The predicted molar refractivity (Wildman–Crippen MR) is 64.4 cm³/mol. The molecule has 0 radical (unpaired) electrons. The molecule has 0 aromatic heterocycles. The van der Waals surface area contributed by atoms with E-state index >= 15 is 0 Å². The van der Waals surface area contributed by atoms with Crippen LogP contribution in [0.1, 0.15) is 19.8 Å². The third-order valence-corrected chi connectivity index (χ3v) is 3.55. The highest BCUT2D eigenvalue weighted by molar-refractivity contribution is 5.92. The Kier molecular flexibility index (Phi) is 3.66. The van der Waals surface area contributed by atoms with Crippen LogP contribution in [0, 0.1) is 5.92 Å². The standard InChI is InChI=1S/C12H21N3O2/c1-3-13-10(9-4-5-9)6-15-8-11(16)14(2)7-12(15)17/h9-10,13H,3-8H2,1-2H3. The second-order valence-corrected chi connectivity index (χ2v) is 5.03. The summed E-state index contributed by atoms with van der Waals surface area (Å²) in [5.74, 6) is 0.795. The van der Waals surface area contributed by atoms with Gasteiger partial charge in [0.1, 0.15) is 0 Å². The van der Waals surface area contributed by atoms with Crippen molar-refractivity contribution in [3.63, 3.8) is 0 Å². The van der Waals surface area contributed by atoms with Crippen molar-refractivity contribution in [2.45, 2.75) is 25.8 Å². The van der Waals surface area contributed by atoms with E-state index < -0.39 is 0 Å². The Morgan fingerprint density at radius 3 is 2.59 bits per heavy atom. The lowest BCUT2D eigenvalue weighted by atomic mass is 10.1. The highest BCUT2D eigenvalue weighted by Gasteiger charge is 2.35. The minimum Gasteiger partial charge on any atom is -0.335 e. The number of carbonyl (C=O) groups excluding carboxylic acids is 2. The molecule has 5 heteroatoms. The Bertz CT molecular complexity index is 315. The van der Waals surface area contributed by atoms with Gasteiger partial charge in [-0.05, 0) is 25.3 Å². The summed E-state index contributed by atoms with van der Waals surface area (Å²) in [7, 11) is 1.68. The van der Waals surface area contributed by atoms with E-state index in [1.165, 1.54) is 17.7 Å². The maximum atomic E-state index is 11.8. The zero-order valence-electron chi connectivity index (χ0n) is 10.6. The molecule has 2 aliphatic rings. The molecule has 0 aromatic rings. The molecule has 1 N–H and O–H groups in total. The molecular weight excluding hydrogens is 218 g/mol. The molecule has 5 nitrogen and oxygen atoms in total.